The lowest BCUT2D eigenvalue weighted by atomic mass is 10.1. The maximum Gasteiger partial charge on any atom is 0.307 e. The third-order valence-electron chi connectivity index (χ3n) is 5.57. The number of sulfonamides is 1. The van der Waals surface area contributed by atoms with E-state index >= 15 is 0 Å². The van der Waals surface area contributed by atoms with Crippen molar-refractivity contribution in [3.05, 3.63) is 59.2 Å². The van der Waals surface area contributed by atoms with Gasteiger partial charge in [-0.3, -0.25) is 4.79 Å². The van der Waals surface area contributed by atoms with Crippen molar-refractivity contribution in [1.82, 2.24) is 8.87 Å². The van der Waals surface area contributed by atoms with Gasteiger partial charge in [0, 0.05) is 35.7 Å². The van der Waals surface area contributed by atoms with E-state index in [2.05, 4.69) is 0 Å². The first kappa shape index (κ1) is 22.6. The van der Waals surface area contributed by atoms with Crippen LogP contribution in [0.15, 0.2) is 53.6 Å². The zero-order valence-corrected chi connectivity index (χ0v) is 19.4. The molecule has 1 N–H and O–H groups in total. The molecule has 4 rings (SSSR count). The predicted molar refractivity (Wildman–Crippen MR) is 123 cm³/mol. The van der Waals surface area contributed by atoms with Crippen LogP contribution in [0, 0.1) is 0 Å². The van der Waals surface area contributed by atoms with Gasteiger partial charge < -0.3 is 14.4 Å². The van der Waals surface area contributed by atoms with E-state index in [-0.39, 0.29) is 23.5 Å². The van der Waals surface area contributed by atoms with Crippen molar-refractivity contribution in [2.45, 2.75) is 43.7 Å². The van der Waals surface area contributed by atoms with Crippen molar-refractivity contribution in [3.8, 4) is 5.75 Å². The Morgan fingerprint density at radius 3 is 2.59 bits per heavy atom. The quantitative estimate of drug-likeness (QED) is 0.547. The van der Waals surface area contributed by atoms with Gasteiger partial charge in [-0.1, -0.05) is 17.7 Å². The number of carbonyl (C=O) groups is 1. The molecule has 32 heavy (non-hydrogen) atoms. The first-order valence-corrected chi connectivity index (χ1v) is 12.2. The predicted octanol–water partition coefficient (Wildman–Crippen LogP) is 4.34. The number of carboxylic acid groups (broad SMARTS) is 1. The molecule has 170 valence electrons. The topological polar surface area (TPSA) is 88.8 Å². The highest BCUT2D eigenvalue weighted by Gasteiger charge is 2.34. The molecule has 1 fully saturated rings. The summed E-state index contributed by atoms with van der Waals surface area (Å²) in [5.74, 6) is -0.292. The van der Waals surface area contributed by atoms with E-state index in [0.29, 0.717) is 35.8 Å². The Labute approximate surface area is 192 Å². The third-order valence-corrected chi connectivity index (χ3v) is 7.69. The van der Waals surface area contributed by atoms with Gasteiger partial charge in [0.25, 0.3) is 0 Å². The molecular formula is C23H25ClN2O5S. The average Bonchev–Trinajstić information content (AvgIpc) is 3.33. The van der Waals surface area contributed by atoms with Gasteiger partial charge >= 0.3 is 5.97 Å². The third kappa shape index (κ3) is 4.48. The number of hydrogen-bond acceptors (Lipinski definition) is 4. The normalized spacial score (nSPS) is 17.3. The molecule has 7 nitrogen and oxygen atoms in total. The van der Waals surface area contributed by atoms with Crippen LogP contribution in [-0.4, -0.2) is 47.6 Å². The SMILES string of the molecule is CC(C)Oc1ccc(S(=O)(=O)N2CCC(n3cc(CC(=O)O)c4ccc(Cl)cc43)C2)cc1. The maximum absolute atomic E-state index is 13.2. The van der Waals surface area contributed by atoms with Gasteiger partial charge in [-0.05, 0) is 62.2 Å². The monoisotopic (exact) mass is 476 g/mol. The van der Waals surface area contributed by atoms with Crippen LogP contribution in [0.5, 0.6) is 5.75 Å². The van der Waals surface area contributed by atoms with Crippen LogP contribution < -0.4 is 4.74 Å². The van der Waals surface area contributed by atoms with Crippen molar-refractivity contribution in [1.29, 1.82) is 0 Å². The maximum atomic E-state index is 13.2. The fraction of sp³-hybridized carbons (Fsp3) is 0.348. The molecule has 0 radical (unpaired) electrons. The number of aromatic nitrogens is 1. The van der Waals surface area contributed by atoms with E-state index in [0.717, 1.165) is 10.9 Å². The highest BCUT2D eigenvalue weighted by atomic mass is 35.5. The zero-order chi connectivity index (χ0) is 23.0. The van der Waals surface area contributed by atoms with Crippen molar-refractivity contribution < 1.29 is 23.1 Å². The summed E-state index contributed by atoms with van der Waals surface area (Å²) in [6.45, 7) is 4.51. The number of aliphatic carboxylic acids is 1. The second-order valence-corrected chi connectivity index (χ2v) is 10.6. The van der Waals surface area contributed by atoms with Crippen LogP contribution in [0.3, 0.4) is 0 Å². The molecule has 1 aliphatic rings. The Kier molecular flexibility index (Phi) is 6.20. The summed E-state index contributed by atoms with van der Waals surface area (Å²) >= 11 is 6.19. The van der Waals surface area contributed by atoms with Gasteiger partial charge in [0.2, 0.25) is 10.0 Å². The fourth-order valence-electron chi connectivity index (χ4n) is 4.17. The van der Waals surface area contributed by atoms with Gasteiger partial charge in [-0.15, -0.1) is 0 Å². The van der Waals surface area contributed by atoms with Crippen LogP contribution in [-0.2, 0) is 21.2 Å². The summed E-state index contributed by atoms with van der Waals surface area (Å²) in [5.41, 5.74) is 1.50. The molecule has 0 amide bonds. The molecule has 0 spiro atoms. The van der Waals surface area contributed by atoms with Crippen LogP contribution in [0.2, 0.25) is 5.02 Å². The number of nitrogens with zero attached hydrogens (tertiary/aromatic N) is 2. The fourth-order valence-corrected chi connectivity index (χ4v) is 5.83. The molecule has 1 saturated heterocycles. The Balaban J connectivity index is 1.60. The van der Waals surface area contributed by atoms with Crippen molar-refractivity contribution in [2.24, 2.45) is 0 Å². The summed E-state index contributed by atoms with van der Waals surface area (Å²) in [6.07, 6.45) is 2.34. The molecular weight excluding hydrogens is 452 g/mol. The largest absolute Gasteiger partial charge is 0.491 e. The lowest BCUT2D eigenvalue weighted by Crippen LogP contribution is -2.29. The minimum absolute atomic E-state index is 0.00714. The Hall–Kier alpha value is -2.55. The van der Waals surface area contributed by atoms with E-state index in [1.165, 1.54) is 4.31 Å². The van der Waals surface area contributed by atoms with Gasteiger partial charge in [0.1, 0.15) is 5.75 Å². The summed E-state index contributed by atoms with van der Waals surface area (Å²) in [6, 6.07) is 11.7. The van der Waals surface area contributed by atoms with Gasteiger partial charge in [0.15, 0.2) is 0 Å². The molecule has 0 saturated carbocycles. The number of rotatable bonds is 7. The summed E-state index contributed by atoms with van der Waals surface area (Å²) in [5, 5.41) is 10.6. The second-order valence-electron chi connectivity index (χ2n) is 8.24. The van der Waals surface area contributed by atoms with Crippen molar-refractivity contribution in [2.75, 3.05) is 13.1 Å². The van der Waals surface area contributed by atoms with E-state index in [1.54, 1.807) is 36.4 Å². The Bertz CT molecular complexity index is 1250. The minimum Gasteiger partial charge on any atom is -0.491 e. The van der Waals surface area contributed by atoms with E-state index < -0.39 is 16.0 Å². The van der Waals surface area contributed by atoms with Crippen LogP contribution >= 0.6 is 11.6 Å². The molecule has 2 heterocycles. The molecule has 0 bridgehead atoms. The molecule has 3 aromatic rings. The molecule has 1 atom stereocenters. The minimum atomic E-state index is -3.65. The molecule has 9 heteroatoms. The van der Waals surface area contributed by atoms with Gasteiger partial charge in [-0.2, -0.15) is 4.31 Å². The zero-order valence-electron chi connectivity index (χ0n) is 17.9. The number of hydrogen-bond donors (Lipinski definition) is 1. The second kappa shape index (κ2) is 8.77. The van der Waals surface area contributed by atoms with E-state index in [9.17, 15) is 18.3 Å². The lowest BCUT2D eigenvalue weighted by molar-refractivity contribution is -0.136. The van der Waals surface area contributed by atoms with E-state index in [1.807, 2.05) is 30.7 Å². The van der Waals surface area contributed by atoms with Crippen LogP contribution in [0.4, 0.5) is 0 Å². The summed E-state index contributed by atoms with van der Waals surface area (Å²) in [7, 11) is -3.65. The standard InChI is InChI=1S/C23H25ClN2O5S/c1-15(2)31-19-4-6-20(7-5-19)32(29,30)25-10-9-18(14-25)26-13-16(11-23(27)28)21-8-3-17(24)12-22(21)26/h3-8,12-13,15,18H,9-11,14H2,1-2H3,(H,27,28). The lowest BCUT2D eigenvalue weighted by Gasteiger charge is -2.18. The molecule has 2 aromatic carbocycles. The highest BCUT2D eigenvalue weighted by Crippen LogP contribution is 2.34. The smallest absolute Gasteiger partial charge is 0.307 e. The van der Waals surface area contributed by atoms with Crippen LogP contribution in [0.1, 0.15) is 31.9 Å². The van der Waals surface area contributed by atoms with Gasteiger partial charge in [-0.25, -0.2) is 8.42 Å². The number of halogens is 1. The van der Waals surface area contributed by atoms with Crippen molar-refractivity contribution >= 4 is 38.5 Å². The Morgan fingerprint density at radius 1 is 1.22 bits per heavy atom. The first-order chi connectivity index (χ1) is 15.1. The number of benzene rings is 2. The molecule has 1 aromatic heterocycles. The van der Waals surface area contributed by atoms with Gasteiger partial charge in [0.05, 0.1) is 22.9 Å². The molecule has 1 unspecified atom stereocenters. The van der Waals surface area contributed by atoms with Crippen molar-refractivity contribution in [3.63, 3.8) is 0 Å². The number of fused-ring (bicyclic) bond motifs is 1. The Morgan fingerprint density at radius 2 is 1.94 bits per heavy atom. The number of carboxylic acids is 1. The number of ether oxygens (including phenoxy) is 1. The first-order valence-electron chi connectivity index (χ1n) is 10.4. The van der Waals surface area contributed by atoms with E-state index in [4.69, 9.17) is 16.3 Å². The highest BCUT2D eigenvalue weighted by molar-refractivity contribution is 7.89. The summed E-state index contributed by atoms with van der Waals surface area (Å²) < 4.78 is 35.4. The van der Waals surface area contributed by atoms with Crippen LogP contribution in [0.25, 0.3) is 10.9 Å². The molecule has 0 aliphatic carbocycles. The average molecular weight is 477 g/mol. The molecule has 1 aliphatic heterocycles. The summed E-state index contributed by atoms with van der Waals surface area (Å²) in [4.78, 5) is 11.5.